The van der Waals surface area contributed by atoms with Crippen molar-refractivity contribution in [3.63, 3.8) is 0 Å². The number of fused-ring (bicyclic) bond motifs is 1. The Bertz CT molecular complexity index is 365. The molecule has 4 heteroatoms. The van der Waals surface area contributed by atoms with E-state index >= 15 is 0 Å². The van der Waals surface area contributed by atoms with Crippen LogP contribution in [0, 0.1) is 0 Å². The lowest BCUT2D eigenvalue weighted by molar-refractivity contribution is -0.118. The molecule has 0 aromatic heterocycles. The van der Waals surface area contributed by atoms with Crippen molar-refractivity contribution in [3.05, 3.63) is 24.3 Å². The van der Waals surface area contributed by atoms with E-state index in [0.29, 0.717) is 19.4 Å². The first kappa shape index (κ1) is 9.83. The normalized spacial score (nSPS) is 18.5. The predicted octanol–water partition coefficient (Wildman–Crippen LogP) is 1.09. The van der Waals surface area contributed by atoms with Crippen LogP contribution in [0.4, 0.5) is 0 Å². The van der Waals surface area contributed by atoms with Gasteiger partial charge in [-0.2, -0.15) is 0 Å². The number of nitrogens with two attached hydrogens (primary N) is 1. The molecule has 0 saturated heterocycles. The molecule has 0 fully saturated rings. The summed E-state index contributed by atoms with van der Waals surface area (Å²) in [6.07, 6.45) is 0.854. The Labute approximate surface area is 88.0 Å². The molecule has 1 atom stereocenters. The predicted molar refractivity (Wildman–Crippen MR) is 54.8 cm³/mol. The zero-order valence-electron chi connectivity index (χ0n) is 8.31. The Morgan fingerprint density at radius 3 is 2.87 bits per heavy atom. The van der Waals surface area contributed by atoms with Gasteiger partial charge in [-0.25, -0.2) is 0 Å². The van der Waals surface area contributed by atoms with Gasteiger partial charge in [0.1, 0.15) is 12.7 Å². The standard InChI is InChI=1S/C11H13NO3/c12-11(13)6-5-8-7-14-9-3-1-2-4-10(9)15-8/h1-4,8H,5-7H2,(H2,12,13)/t8-/m1/s1. The molecule has 2 N–H and O–H groups in total. The fourth-order valence-corrected chi connectivity index (χ4v) is 1.51. The van der Waals surface area contributed by atoms with Crippen LogP contribution in [0.25, 0.3) is 0 Å². The average molecular weight is 207 g/mol. The van der Waals surface area contributed by atoms with Crippen molar-refractivity contribution in [2.75, 3.05) is 6.61 Å². The second kappa shape index (κ2) is 4.21. The number of para-hydroxylation sites is 2. The van der Waals surface area contributed by atoms with Gasteiger partial charge in [0.25, 0.3) is 0 Å². The molecule has 0 saturated carbocycles. The summed E-state index contributed by atoms with van der Waals surface area (Å²) in [5.41, 5.74) is 5.07. The van der Waals surface area contributed by atoms with Crippen molar-refractivity contribution in [2.45, 2.75) is 18.9 Å². The highest BCUT2D eigenvalue weighted by molar-refractivity contribution is 5.73. The average Bonchev–Trinajstić information content (AvgIpc) is 2.26. The molecule has 15 heavy (non-hydrogen) atoms. The highest BCUT2D eigenvalue weighted by atomic mass is 16.6. The van der Waals surface area contributed by atoms with Gasteiger partial charge in [0, 0.05) is 6.42 Å². The van der Waals surface area contributed by atoms with E-state index in [1.165, 1.54) is 0 Å². The third-order valence-corrected chi connectivity index (χ3v) is 2.28. The maximum atomic E-state index is 10.6. The van der Waals surface area contributed by atoms with Gasteiger partial charge in [0.15, 0.2) is 11.5 Å². The van der Waals surface area contributed by atoms with Gasteiger partial charge in [-0.1, -0.05) is 12.1 Å². The van der Waals surface area contributed by atoms with Gasteiger partial charge in [0.05, 0.1) is 0 Å². The summed E-state index contributed by atoms with van der Waals surface area (Å²) in [6.45, 7) is 0.476. The quantitative estimate of drug-likeness (QED) is 0.807. The number of primary amides is 1. The van der Waals surface area contributed by atoms with Crippen LogP contribution in [0.1, 0.15) is 12.8 Å². The Morgan fingerprint density at radius 1 is 1.40 bits per heavy atom. The van der Waals surface area contributed by atoms with Gasteiger partial charge < -0.3 is 15.2 Å². The Hall–Kier alpha value is -1.71. The SMILES string of the molecule is NC(=O)CC[C@@H]1COc2ccccc2O1. The number of ether oxygens (including phenoxy) is 2. The lowest BCUT2D eigenvalue weighted by Crippen LogP contribution is -2.30. The Balaban J connectivity index is 1.96. The van der Waals surface area contributed by atoms with Crippen molar-refractivity contribution in [3.8, 4) is 11.5 Å². The highest BCUT2D eigenvalue weighted by Crippen LogP contribution is 2.31. The number of carbonyl (C=O) groups is 1. The van der Waals surface area contributed by atoms with Crippen molar-refractivity contribution >= 4 is 5.91 Å². The number of rotatable bonds is 3. The summed E-state index contributed by atoms with van der Waals surface area (Å²) >= 11 is 0. The van der Waals surface area contributed by atoms with Crippen molar-refractivity contribution < 1.29 is 14.3 Å². The zero-order valence-corrected chi connectivity index (χ0v) is 8.31. The first-order valence-corrected chi connectivity index (χ1v) is 4.92. The minimum absolute atomic E-state index is 0.0765. The monoisotopic (exact) mass is 207 g/mol. The van der Waals surface area contributed by atoms with Crippen LogP contribution < -0.4 is 15.2 Å². The van der Waals surface area contributed by atoms with Crippen LogP contribution in [-0.2, 0) is 4.79 Å². The van der Waals surface area contributed by atoms with E-state index in [1.807, 2.05) is 24.3 Å². The lowest BCUT2D eigenvalue weighted by atomic mass is 10.2. The molecule has 1 aliphatic rings. The van der Waals surface area contributed by atoms with Crippen LogP contribution in [0.5, 0.6) is 11.5 Å². The summed E-state index contributed by atoms with van der Waals surface area (Å²) in [6, 6.07) is 7.50. The van der Waals surface area contributed by atoms with E-state index in [2.05, 4.69) is 0 Å². The Morgan fingerprint density at radius 2 is 2.13 bits per heavy atom. The van der Waals surface area contributed by atoms with Crippen LogP contribution >= 0.6 is 0 Å². The molecule has 80 valence electrons. The fourth-order valence-electron chi connectivity index (χ4n) is 1.51. The molecule has 0 aliphatic carbocycles. The lowest BCUT2D eigenvalue weighted by Gasteiger charge is -2.26. The summed E-state index contributed by atoms with van der Waals surface area (Å²) in [5, 5.41) is 0. The second-order valence-corrected chi connectivity index (χ2v) is 3.50. The number of amides is 1. The van der Waals surface area contributed by atoms with Crippen LogP contribution in [-0.4, -0.2) is 18.6 Å². The highest BCUT2D eigenvalue weighted by Gasteiger charge is 2.20. The van der Waals surface area contributed by atoms with Gasteiger partial charge in [-0.15, -0.1) is 0 Å². The smallest absolute Gasteiger partial charge is 0.217 e. The van der Waals surface area contributed by atoms with E-state index in [1.54, 1.807) is 0 Å². The minimum atomic E-state index is -0.308. The molecule has 1 aromatic rings. The first-order chi connectivity index (χ1) is 7.25. The molecule has 1 aromatic carbocycles. The molecule has 1 heterocycles. The molecule has 0 unspecified atom stereocenters. The number of carbonyl (C=O) groups excluding carboxylic acids is 1. The molecule has 1 aliphatic heterocycles. The van der Waals surface area contributed by atoms with Crippen molar-refractivity contribution in [1.29, 1.82) is 0 Å². The van der Waals surface area contributed by atoms with Crippen LogP contribution in [0.3, 0.4) is 0 Å². The van der Waals surface area contributed by atoms with Gasteiger partial charge in [0.2, 0.25) is 5.91 Å². The third-order valence-electron chi connectivity index (χ3n) is 2.28. The minimum Gasteiger partial charge on any atom is -0.486 e. The van der Waals surface area contributed by atoms with E-state index in [0.717, 1.165) is 11.5 Å². The van der Waals surface area contributed by atoms with Crippen molar-refractivity contribution in [1.82, 2.24) is 0 Å². The third kappa shape index (κ3) is 2.40. The fraction of sp³-hybridized carbons (Fsp3) is 0.364. The molecule has 4 nitrogen and oxygen atoms in total. The molecule has 0 bridgehead atoms. The van der Waals surface area contributed by atoms with Crippen LogP contribution in [0.2, 0.25) is 0 Å². The molecule has 2 rings (SSSR count). The molecular weight excluding hydrogens is 194 g/mol. The maximum Gasteiger partial charge on any atom is 0.217 e. The summed E-state index contributed by atoms with van der Waals surface area (Å²) in [7, 11) is 0. The largest absolute Gasteiger partial charge is 0.486 e. The van der Waals surface area contributed by atoms with Crippen LogP contribution in [0.15, 0.2) is 24.3 Å². The van der Waals surface area contributed by atoms with Gasteiger partial charge in [-0.3, -0.25) is 4.79 Å². The van der Waals surface area contributed by atoms with Gasteiger partial charge >= 0.3 is 0 Å². The topological polar surface area (TPSA) is 61.6 Å². The summed E-state index contributed by atoms with van der Waals surface area (Å²) in [5.74, 6) is 1.18. The van der Waals surface area contributed by atoms with E-state index in [4.69, 9.17) is 15.2 Å². The second-order valence-electron chi connectivity index (χ2n) is 3.50. The zero-order chi connectivity index (χ0) is 10.7. The first-order valence-electron chi connectivity index (χ1n) is 4.92. The molecule has 0 spiro atoms. The molecule has 1 amide bonds. The number of hydrogen-bond donors (Lipinski definition) is 1. The maximum absolute atomic E-state index is 10.6. The summed E-state index contributed by atoms with van der Waals surface area (Å²) < 4.78 is 11.1. The number of hydrogen-bond acceptors (Lipinski definition) is 3. The number of benzene rings is 1. The molecule has 0 radical (unpaired) electrons. The van der Waals surface area contributed by atoms with E-state index < -0.39 is 0 Å². The van der Waals surface area contributed by atoms with Gasteiger partial charge in [-0.05, 0) is 18.6 Å². The molecular formula is C11H13NO3. The van der Waals surface area contributed by atoms with Crippen molar-refractivity contribution in [2.24, 2.45) is 5.73 Å². The van der Waals surface area contributed by atoms with E-state index in [9.17, 15) is 4.79 Å². The summed E-state index contributed by atoms with van der Waals surface area (Å²) in [4.78, 5) is 10.6. The Kier molecular flexibility index (Phi) is 2.76. The van der Waals surface area contributed by atoms with E-state index in [-0.39, 0.29) is 12.0 Å².